The van der Waals surface area contributed by atoms with Crippen LogP contribution >= 0.6 is 0 Å². The molecule has 0 spiro atoms. The second kappa shape index (κ2) is 3.99. The number of likely N-dealkylation sites (N-methyl/N-ethyl adjacent to an activating group) is 1. The lowest BCUT2D eigenvalue weighted by atomic mass is 10.0. The molecule has 1 aromatic carbocycles. The number of benzene rings is 1. The Kier molecular flexibility index (Phi) is 2.67. The van der Waals surface area contributed by atoms with Crippen LogP contribution < -0.4 is 0 Å². The maximum Gasteiger partial charge on any atom is 0.267 e. The SMILES string of the molecule is CN1CC[C@@](O)(C#Cc2c[c]ccc2)C1=O. The highest BCUT2D eigenvalue weighted by molar-refractivity contribution is 5.90. The maximum atomic E-state index is 11.6. The van der Waals surface area contributed by atoms with Gasteiger partial charge >= 0.3 is 0 Å². The molecule has 1 aliphatic heterocycles. The molecule has 2 rings (SSSR count). The third-order valence-corrected chi connectivity index (χ3v) is 2.63. The molecule has 1 aromatic rings. The van der Waals surface area contributed by atoms with Crippen LogP contribution in [0.2, 0.25) is 0 Å². The first kappa shape index (κ1) is 10.7. The van der Waals surface area contributed by atoms with E-state index in [-0.39, 0.29) is 5.91 Å². The molecule has 1 fully saturated rings. The Bertz CT molecular complexity index is 458. The number of amides is 1. The second-order valence-electron chi connectivity index (χ2n) is 3.88. The van der Waals surface area contributed by atoms with E-state index in [9.17, 15) is 9.90 Å². The molecular weight excluding hydrogens is 202 g/mol. The van der Waals surface area contributed by atoms with Gasteiger partial charge in [0.1, 0.15) is 0 Å². The van der Waals surface area contributed by atoms with Gasteiger partial charge in [0.25, 0.3) is 5.91 Å². The Balaban J connectivity index is 2.23. The average Bonchev–Trinajstić information content (AvgIpc) is 2.57. The van der Waals surface area contributed by atoms with Crippen molar-refractivity contribution in [1.29, 1.82) is 0 Å². The van der Waals surface area contributed by atoms with Crippen molar-refractivity contribution in [2.75, 3.05) is 13.6 Å². The summed E-state index contributed by atoms with van der Waals surface area (Å²) in [7, 11) is 1.66. The monoisotopic (exact) mass is 214 g/mol. The maximum absolute atomic E-state index is 11.6. The molecule has 81 valence electrons. The van der Waals surface area contributed by atoms with Gasteiger partial charge in [-0.05, 0) is 18.2 Å². The van der Waals surface area contributed by atoms with E-state index in [1.165, 1.54) is 4.90 Å². The van der Waals surface area contributed by atoms with Crippen LogP contribution in [0.4, 0.5) is 0 Å². The molecule has 1 N–H and O–H groups in total. The van der Waals surface area contributed by atoms with Gasteiger partial charge in [-0.3, -0.25) is 4.79 Å². The summed E-state index contributed by atoms with van der Waals surface area (Å²) in [6, 6.07) is 10.0. The second-order valence-corrected chi connectivity index (χ2v) is 3.88. The summed E-state index contributed by atoms with van der Waals surface area (Å²) >= 11 is 0. The van der Waals surface area contributed by atoms with Crippen molar-refractivity contribution in [1.82, 2.24) is 4.90 Å². The minimum atomic E-state index is -1.51. The number of nitrogens with zero attached hydrogens (tertiary/aromatic N) is 1. The number of likely N-dealkylation sites (tertiary alicyclic amines) is 1. The molecule has 1 aliphatic rings. The normalized spacial score (nSPS) is 24.1. The van der Waals surface area contributed by atoms with Gasteiger partial charge in [0.15, 0.2) is 0 Å². The van der Waals surface area contributed by atoms with Crippen molar-refractivity contribution in [3.05, 3.63) is 35.9 Å². The molecule has 3 heteroatoms. The molecule has 1 heterocycles. The lowest BCUT2D eigenvalue weighted by molar-refractivity contribution is -0.137. The summed E-state index contributed by atoms with van der Waals surface area (Å²) in [5.41, 5.74) is -0.761. The third-order valence-electron chi connectivity index (χ3n) is 2.63. The van der Waals surface area contributed by atoms with E-state index in [0.717, 1.165) is 5.56 Å². The smallest absolute Gasteiger partial charge is 0.267 e. The first-order valence-corrected chi connectivity index (χ1v) is 5.09. The number of aliphatic hydroxyl groups is 1. The van der Waals surface area contributed by atoms with Crippen LogP contribution in [0.3, 0.4) is 0 Å². The van der Waals surface area contributed by atoms with Crippen molar-refractivity contribution in [2.45, 2.75) is 12.0 Å². The highest BCUT2D eigenvalue weighted by Gasteiger charge is 2.42. The zero-order chi connectivity index (χ0) is 11.6. The molecular formula is C13H12NO2. The first-order valence-electron chi connectivity index (χ1n) is 5.09. The summed E-state index contributed by atoms with van der Waals surface area (Å²) < 4.78 is 0. The Morgan fingerprint density at radius 2 is 2.44 bits per heavy atom. The number of hydrogen-bond donors (Lipinski definition) is 1. The van der Waals surface area contributed by atoms with Crippen molar-refractivity contribution in [3.8, 4) is 11.8 Å². The highest BCUT2D eigenvalue weighted by atomic mass is 16.3. The largest absolute Gasteiger partial charge is 0.369 e. The minimum Gasteiger partial charge on any atom is -0.369 e. The molecule has 0 saturated carbocycles. The van der Waals surface area contributed by atoms with Gasteiger partial charge in [0, 0.05) is 25.6 Å². The van der Waals surface area contributed by atoms with Gasteiger partial charge in [-0.2, -0.15) is 0 Å². The highest BCUT2D eigenvalue weighted by Crippen LogP contribution is 2.20. The fourth-order valence-electron chi connectivity index (χ4n) is 1.62. The van der Waals surface area contributed by atoms with E-state index >= 15 is 0 Å². The summed E-state index contributed by atoms with van der Waals surface area (Å²) in [4.78, 5) is 13.1. The van der Waals surface area contributed by atoms with Gasteiger partial charge in [0.05, 0.1) is 0 Å². The molecule has 0 bridgehead atoms. The lowest BCUT2D eigenvalue weighted by Gasteiger charge is -2.13. The fourth-order valence-corrected chi connectivity index (χ4v) is 1.62. The summed E-state index contributed by atoms with van der Waals surface area (Å²) in [5, 5.41) is 10.0. The van der Waals surface area contributed by atoms with Crippen molar-refractivity contribution in [3.63, 3.8) is 0 Å². The zero-order valence-electron chi connectivity index (χ0n) is 9.03. The van der Waals surface area contributed by atoms with Gasteiger partial charge in [0.2, 0.25) is 5.60 Å². The van der Waals surface area contributed by atoms with Crippen LogP contribution in [0, 0.1) is 17.9 Å². The molecule has 1 radical (unpaired) electrons. The number of rotatable bonds is 0. The van der Waals surface area contributed by atoms with Crippen molar-refractivity contribution >= 4 is 5.91 Å². The standard InChI is InChI=1S/C13H12NO2/c1-14-10-9-13(16,12(14)15)8-7-11-5-3-2-4-6-11/h2-3,5-6,16H,9-10H2,1H3/t13-/m0/s1. The predicted octanol–water partition coefficient (Wildman–Crippen LogP) is 0.431. The van der Waals surface area contributed by atoms with E-state index in [4.69, 9.17) is 0 Å². The van der Waals surface area contributed by atoms with Crippen LogP contribution in [0.15, 0.2) is 24.3 Å². The summed E-state index contributed by atoms with van der Waals surface area (Å²) in [5.74, 6) is 5.13. The lowest BCUT2D eigenvalue weighted by Crippen LogP contribution is -2.37. The van der Waals surface area contributed by atoms with Crippen LogP contribution in [0.25, 0.3) is 0 Å². The number of hydrogen-bond acceptors (Lipinski definition) is 2. The number of carbonyl (C=O) groups is 1. The molecule has 0 aliphatic carbocycles. The van der Waals surface area contributed by atoms with Gasteiger partial charge < -0.3 is 10.0 Å². The van der Waals surface area contributed by atoms with Gasteiger partial charge in [-0.15, -0.1) is 0 Å². The van der Waals surface area contributed by atoms with Crippen LogP contribution in [-0.4, -0.2) is 35.1 Å². The van der Waals surface area contributed by atoms with Crippen LogP contribution in [-0.2, 0) is 4.79 Å². The summed E-state index contributed by atoms with van der Waals surface area (Å²) in [6.45, 7) is 0.547. The molecule has 1 amide bonds. The number of carbonyl (C=O) groups excluding carboxylic acids is 1. The molecule has 1 saturated heterocycles. The Morgan fingerprint density at radius 3 is 3.00 bits per heavy atom. The van der Waals surface area contributed by atoms with Gasteiger partial charge in [-0.1, -0.05) is 24.0 Å². The zero-order valence-corrected chi connectivity index (χ0v) is 9.03. The van der Waals surface area contributed by atoms with E-state index in [1.54, 1.807) is 19.2 Å². The fraction of sp³-hybridized carbons (Fsp3) is 0.308. The molecule has 0 aromatic heterocycles. The van der Waals surface area contributed by atoms with E-state index in [2.05, 4.69) is 17.9 Å². The topological polar surface area (TPSA) is 40.5 Å². The molecule has 16 heavy (non-hydrogen) atoms. The quantitative estimate of drug-likeness (QED) is 0.636. The van der Waals surface area contributed by atoms with Crippen LogP contribution in [0.5, 0.6) is 0 Å². The van der Waals surface area contributed by atoms with E-state index in [1.807, 2.05) is 12.1 Å². The van der Waals surface area contributed by atoms with Crippen molar-refractivity contribution in [2.24, 2.45) is 0 Å². The molecule has 1 atom stereocenters. The first-order chi connectivity index (χ1) is 7.62. The average molecular weight is 214 g/mol. The Labute approximate surface area is 94.7 Å². The predicted molar refractivity (Wildman–Crippen MR) is 59.4 cm³/mol. The third kappa shape index (κ3) is 1.93. The molecule has 3 nitrogen and oxygen atoms in total. The molecule has 0 unspecified atom stereocenters. The van der Waals surface area contributed by atoms with Gasteiger partial charge in [-0.25, -0.2) is 0 Å². The van der Waals surface area contributed by atoms with Crippen molar-refractivity contribution < 1.29 is 9.90 Å². The van der Waals surface area contributed by atoms with E-state index < -0.39 is 5.60 Å². The Hall–Kier alpha value is -1.79. The minimum absolute atomic E-state index is 0.320. The Morgan fingerprint density at radius 1 is 1.62 bits per heavy atom. The summed E-state index contributed by atoms with van der Waals surface area (Å²) in [6.07, 6.45) is 0.367. The van der Waals surface area contributed by atoms with E-state index in [0.29, 0.717) is 13.0 Å². The van der Waals surface area contributed by atoms with Crippen LogP contribution in [0.1, 0.15) is 12.0 Å².